The van der Waals surface area contributed by atoms with Gasteiger partial charge in [-0.05, 0) is 25.5 Å². The zero-order chi connectivity index (χ0) is 18.6. The molecular formula is C20H29N3O3. The summed E-state index contributed by atoms with van der Waals surface area (Å²) in [5.74, 6) is 1.80. The minimum atomic E-state index is -1.05. The Morgan fingerprint density at radius 3 is 2.88 bits per heavy atom. The average molecular weight is 359 g/mol. The van der Waals surface area contributed by atoms with E-state index in [0.717, 1.165) is 41.5 Å². The van der Waals surface area contributed by atoms with E-state index < -0.39 is 5.60 Å². The van der Waals surface area contributed by atoms with Gasteiger partial charge in [-0.15, -0.1) is 0 Å². The first kappa shape index (κ1) is 18.9. The lowest BCUT2D eigenvalue weighted by Crippen LogP contribution is -2.48. The Hall–Kier alpha value is -1.89. The lowest BCUT2D eigenvalue weighted by molar-refractivity contribution is -0.0648. The molecule has 0 radical (unpaired) electrons. The lowest BCUT2D eigenvalue weighted by Gasteiger charge is -2.30. The van der Waals surface area contributed by atoms with E-state index in [-0.39, 0.29) is 13.2 Å². The third kappa shape index (κ3) is 4.63. The van der Waals surface area contributed by atoms with Crippen LogP contribution in [0.5, 0.6) is 5.75 Å². The van der Waals surface area contributed by atoms with Gasteiger partial charge in [0.25, 0.3) is 0 Å². The number of hydrogen-bond acceptors (Lipinski definition) is 5. The number of β-amino-alcohol motifs (C(OH)–C–C–N with tert-alkyl or cyclic N) is 1. The van der Waals surface area contributed by atoms with Gasteiger partial charge in [0, 0.05) is 31.7 Å². The summed E-state index contributed by atoms with van der Waals surface area (Å²) in [4.78, 5) is 10.2. The Labute approximate surface area is 155 Å². The second-order valence-electron chi connectivity index (χ2n) is 7.15. The molecule has 0 spiro atoms. The van der Waals surface area contributed by atoms with Crippen molar-refractivity contribution in [3.8, 4) is 5.75 Å². The molecule has 1 aromatic carbocycles. The molecule has 1 aliphatic heterocycles. The van der Waals surface area contributed by atoms with E-state index in [2.05, 4.69) is 21.8 Å². The summed E-state index contributed by atoms with van der Waals surface area (Å²) in [7, 11) is 0. The van der Waals surface area contributed by atoms with E-state index in [4.69, 9.17) is 9.47 Å². The zero-order valence-electron chi connectivity index (χ0n) is 15.9. The van der Waals surface area contributed by atoms with Gasteiger partial charge < -0.3 is 19.6 Å². The summed E-state index contributed by atoms with van der Waals surface area (Å²) >= 11 is 0. The first-order valence-electron chi connectivity index (χ1n) is 9.24. The van der Waals surface area contributed by atoms with Gasteiger partial charge in [-0.2, -0.15) is 0 Å². The van der Waals surface area contributed by atoms with Gasteiger partial charge in [0.15, 0.2) is 0 Å². The highest BCUT2D eigenvalue weighted by atomic mass is 16.5. The number of H-pyrrole nitrogens is 1. The van der Waals surface area contributed by atoms with Crippen LogP contribution in [0, 0.1) is 13.8 Å². The summed E-state index contributed by atoms with van der Waals surface area (Å²) in [6.45, 7) is 9.15. The first-order chi connectivity index (χ1) is 12.5. The Bertz CT molecular complexity index is 731. The molecule has 2 aromatic rings. The van der Waals surface area contributed by atoms with E-state index in [1.807, 2.05) is 38.1 Å². The van der Waals surface area contributed by atoms with Crippen molar-refractivity contribution in [3.05, 3.63) is 47.0 Å². The number of nitrogens with one attached hydrogen (secondary N) is 1. The molecule has 1 fully saturated rings. The molecule has 1 aliphatic rings. The van der Waals surface area contributed by atoms with Gasteiger partial charge >= 0.3 is 0 Å². The van der Waals surface area contributed by atoms with Crippen LogP contribution in [0.25, 0.3) is 0 Å². The molecule has 6 nitrogen and oxygen atoms in total. The third-order valence-electron chi connectivity index (χ3n) is 4.77. The molecule has 1 saturated heterocycles. The van der Waals surface area contributed by atoms with E-state index >= 15 is 0 Å². The van der Waals surface area contributed by atoms with Crippen LogP contribution in [0.4, 0.5) is 0 Å². The van der Waals surface area contributed by atoms with Crippen molar-refractivity contribution in [3.63, 3.8) is 0 Å². The summed E-state index contributed by atoms with van der Waals surface area (Å²) < 4.78 is 11.6. The summed E-state index contributed by atoms with van der Waals surface area (Å²) in [5.41, 5.74) is 2.13. The SMILES string of the molecule is CCc1nc(CN2CCOC[C@@](O)(COc3ccccc3C)C2)c(C)[nH]1. The van der Waals surface area contributed by atoms with Gasteiger partial charge in [0.2, 0.25) is 0 Å². The minimum absolute atomic E-state index is 0.202. The highest BCUT2D eigenvalue weighted by molar-refractivity contribution is 5.31. The maximum atomic E-state index is 11.1. The zero-order valence-corrected chi connectivity index (χ0v) is 15.9. The van der Waals surface area contributed by atoms with E-state index in [1.54, 1.807) is 0 Å². The molecule has 0 bridgehead atoms. The second-order valence-corrected chi connectivity index (χ2v) is 7.15. The molecule has 142 valence electrons. The highest BCUT2D eigenvalue weighted by Gasteiger charge is 2.34. The molecule has 2 N–H and O–H groups in total. The fraction of sp³-hybridized carbons (Fsp3) is 0.550. The largest absolute Gasteiger partial charge is 0.490 e. The Morgan fingerprint density at radius 2 is 2.15 bits per heavy atom. The molecule has 0 unspecified atom stereocenters. The molecule has 6 heteroatoms. The molecule has 1 aromatic heterocycles. The second kappa shape index (κ2) is 8.20. The highest BCUT2D eigenvalue weighted by Crippen LogP contribution is 2.21. The smallest absolute Gasteiger partial charge is 0.134 e. The van der Waals surface area contributed by atoms with Crippen LogP contribution in [0.2, 0.25) is 0 Å². The van der Waals surface area contributed by atoms with Crippen molar-refractivity contribution in [2.75, 3.05) is 32.9 Å². The van der Waals surface area contributed by atoms with Crippen molar-refractivity contribution >= 4 is 0 Å². The number of aromatic amines is 1. The number of para-hydroxylation sites is 1. The van der Waals surface area contributed by atoms with Crippen LogP contribution in [-0.4, -0.2) is 58.5 Å². The van der Waals surface area contributed by atoms with Crippen LogP contribution in [0.1, 0.15) is 29.7 Å². The Kier molecular flexibility index (Phi) is 5.96. The normalized spacial score (nSPS) is 21.5. The molecule has 0 amide bonds. The van der Waals surface area contributed by atoms with Crippen molar-refractivity contribution < 1.29 is 14.6 Å². The molecule has 2 heterocycles. The van der Waals surface area contributed by atoms with Crippen molar-refractivity contribution in [2.45, 2.75) is 39.3 Å². The number of imidazole rings is 1. The topological polar surface area (TPSA) is 70.6 Å². The predicted molar refractivity (Wildman–Crippen MR) is 100 cm³/mol. The van der Waals surface area contributed by atoms with Crippen LogP contribution in [0.3, 0.4) is 0 Å². The molecule has 0 saturated carbocycles. The number of aromatic nitrogens is 2. The third-order valence-corrected chi connectivity index (χ3v) is 4.77. The number of aliphatic hydroxyl groups is 1. The van der Waals surface area contributed by atoms with Gasteiger partial charge in [0.05, 0.1) is 18.9 Å². The van der Waals surface area contributed by atoms with Crippen LogP contribution < -0.4 is 4.74 Å². The van der Waals surface area contributed by atoms with Crippen molar-refractivity contribution in [1.82, 2.24) is 14.9 Å². The monoisotopic (exact) mass is 359 g/mol. The maximum absolute atomic E-state index is 11.1. The summed E-state index contributed by atoms with van der Waals surface area (Å²) in [5, 5.41) is 11.1. The Morgan fingerprint density at radius 1 is 1.35 bits per heavy atom. The standard InChI is InChI=1S/C20H29N3O3/c1-4-19-21-16(3)17(22-19)11-23-9-10-25-13-20(24,12-23)14-26-18-8-6-5-7-15(18)2/h5-8,24H,4,9-14H2,1-3H3,(H,21,22)/t20-/m1/s1. The molecule has 0 aliphatic carbocycles. The number of aryl methyl sites for hydroxylation is 3. The summed E-state index contributed by atoms with van der Waals surface area (Å²) in [6.07, 6.45) is 0.887. The number of ether oxygens (including phenoxy) is 2. The van der Waals surface area contributed by atoms with Gasteiger partial charge in [-0.3, -0.25) is 4.90 Å². The van der Waals surface area contributed by atoms with E-state index in [0.29, 0.717) is 19.7 Å². The fourth-order valence-electron chi connectivity index (χ4n) is 3.25. The summed E-state index contributed by atoms with van der Waals surface area (Å²) in [6, 6.07) is 7.84. The molecule has 3 rings (SSSR count). The fourth-order valence-corrected chi connectivity index (χ4v) is 3.25. The van der Waals surface area contributed by atoms with Crippen molar-refractivity contribution in [2.24, 2.45) is 0 Å². The first-order valence-corrected chi connectivity index (χ1v) is 9.24. The number of hydrogen-bond donors (Lipinski definition) is 2. The Balaban J connectivity index is 1.65. The number of nitrogens with zero attached hydrogens (tertiary/aromatic N) is 2. The molecular weight excluding hydrogens is 330 g/mol. The van der Waals surface area contributed by atoms with Crippen LogP contribution in [-0.2, 0) is 17.7 Å². The maximum Gasteiger partial charge on any atom is 0.134 e. The number of benzene rings is 1. The number of rotatable bonds is 6. The van der Waals surface area contributed by atoms with Crippen LogP contribution >= 0.6 is 0 Å². The van der Waals surface area contributed by atoms with Gasteiger partial charge in [-0.1, -0.05) is 25.1 Å². The van der Waals surface area contributed by atoms with Crippen LogP contribution in [0.15, 0.2) is 24.3 Å². The predicted octanol–water partition coefficient (Wildman–Crippen LogP) is 2.23. The van der Waals surface area contributed by atoms with Gasteiger partial charge in [-0.25, -0.2) is 4.98 Å². The quantitative estimate of drug-likeness (QED) is 0.828. The molecule has 26 heavy (non-hydrogen) atoms. The van der Waals surface area contributed by atoms with E-state index in [1.165, 1.54) is 0 Å². The average Bonchev–Trinajstić information content (AvgIpc) is 2.86. The lowest BCUT2D eigenvalue weighted by atomic mass is 10.1. The minimum Gasteiger partial charge on any atom is -0.490 e. The van der Waals surface area contributed by atoms with E-state index in [9.17, 15) is 5.11 Å². The van der Waals surface area contributed by atoms with Gasteiger partial charge in [0.1, 0.15) is 23.8 Å². The molecule has 1 atom stereocenters. The van der Waals surface area contributed by atoms with Crippen molar-refractivity contribution in [1.29, 1.82) is 0 Å².